The molecule has 1 aromatic rings. The third kappa shape index (κ3) is 6.51. The van der Waals surface area contributed by atoms with Crippen LogP contribution in [0.2, 0.25) is 0 Å². The van der Waals surface area contributed by atoms with Crippen molar-refractivity contribution >= 4 is 30.4 Å². The Labute approximate surface area is 204 Å². The minimum atomic E-state index is -0.876. The lowest BCUT2D eigenvalue weighted by Crippen LogP contribution is -2.47. The van der Waals surface area contributed by atoms with Crippen molar-refractivity contribution in [3.05, 3.63) is 18.3 Å². The monoisotopic (exact) mass is 473 g/mol. The lowest BCUT2D eigenvalue weighted by atomic mass is 9.80. The van der Waals surface area contributed by atoms with Crippen LogP contribution in [-0.2, 0) is 18.8 Å². The molecule has 0 unspecified atom stereocenters. The van der Waals surface area contributed by atoms with Gasteiger partial charge in [0, 0.05) is 23.1 Å². The van der Waals surface area contributed by atoms with Crippen LogP contribution in [0.5, 0.6) is 0 Å². The number of carbonyl (C=O) groups is 2. The summed E-state index contributed by atoms with van der Waals surface area (Å²) in [5.41, 5.74) is -0.569. The summed E-state index contributed by atoms with van der Waals surface area (Å²) < 4.78 is 17.8. The largest absolute Gasteiger partial charge is 0.496 e. The molecular formula is C25H40BN3O5. The first-order valence-corrected chi connectivity index (χ1v) is 12.3. The fourth-order valence-corrected chi connectivity index (χ4v) is 4.20. The Morgan fingerprint density at radius 3 is 2.18 bits per heavy atom. The zero-order valence-corrected chi connectivity index (χ0v) is 21.9. The summed E-state index contributed by atoms with van der Waals surface area (Å²) in [6, 6.07) is 3.54. The zero-order chi connectivity index (χ0) is 25.3. The Hall–Kier alpha value is -2.13. The predicted octanol–water partition coefficient (Wildman–Crippen LogP) is 4.04. The second kappa shape index (κ2) is 9.86. The van der Waals surface area contributed by atoms with E-state index < -0.39 is 36.1 Å². The molecular weight excluding hydrogens is 433 g/mol. The molecule has 9 heteroatoms. The molecule has 3 rings (SSSR count). The van der Waals surface area contributed by atoms with E-state index in [-0.39, 0.29) is 11.8 Å². The number of hydrogen-bond donors (Lipinski definition) is 2. The zero-order valence-electron chi connectivity index (χ0n) is 21.9. The van der Waals surface area contributed by atoms with Gasteiger partial charge in [0.25, 0.3) is 5.91 Å². The summed E-state index contributed by atoms with van der Waals surface area (Å²) in [6.07, 6.45) is 3.89. The van der Waals surface area contributed by atoms with Gasteiger partial charge in [-0.25, -0.2) is 9.78 Å². The predicted molar refractivity (Wildman–Crippen MR) is 133 cm³/mol. The number of rotatable bonds is 5. The van der Waals surface area contributed by atoms with E-state index in [4.69, 9.17) is 14.0 Å². The molecule has 2 N–H and O–H groups in total. The summed E-state index contributed by atoms with van der Waals surface area (Å²) in [4.78, 5) is 30.1. The number of aromatic nitrogens is 1. The number of nitrogens with one attached hydrogen (secondary N) is 2. The van der Waals surface area contributed by atoms with Gasteiger partial charge in [0.05, 0.1) is 11.2 Å². The standard InChI is InChI=1S/C25H40BN3O5/c1-16-9-11-17(12-10-16)20(32-22(31)29-23(2,3)4)21(30)28-19-14-13-18(15-27-19)26-33-24(5,6)25(7,8)34-26/h13-17,20H,9-12H2,1-8H3,(H,29,31)(H,27,28,30)/t16?,17?,20-/m0/s1. The van der Waals surface area contributed by atoms with E-state index in [0.29, 0.717) is 11.7 Å². The fraction of sp³-hybridized carbons (Fsp3) is 0.720. The van der Waals surface area contributed by atoms with Gasteiger partial charge in [-0.15, -0.1) is 0 Å². The summed E-state index contributed by atoms with van der Waals surface area (Å²) in [7, 11) is -0.524. The first-order valence-electron chi connectivity index (χ1n) is 12.3. The quantitative estimate of drug-likeness (QED) is 0.627. The average Bonchev–Trinajstić information content (AvgIpc) is 2.93. The van der Waals surface area contributed by atoms with Gasteiger partial charge >= 0.3 is 13.2 Å². The minimum Gasteiger partial charge on any atom is -0.436 e. The van der Waals surface area contributed by atoms with Crippen molar-refractivity contribution in [1.82, 2.24) is 10.3 Å². The van der Waals surface area contributed by atoms with E-state index in [0.717, 1.165) is 31.1 Å². The van der Waals surface area contributed by atoms with Crippen LogP contribution in [0.4, 0.5) is 10.6 Å². The van der Waals surface area contributed by atoms with Crippen LogP contribution >= 0.6 is 0 Å². The Morgan fingerprint density at radius 1 is 1.09 bits per heavy atom. The van der Waals surface area contributed by atoms with Crippen molar-refractivity contribution in [1.29, 1.82) is 0 Å². The van der Waals surface area contributed by atoms with E-state index in [2.05, 4.69) is 22.5 Å². The normalized spacial score (nSPS) is 24.9. The molecule has 1 aliphatic heterocycles. The highest BCUT2D eigenvalue weighted by atomic mass is 16.7. The van der Waals surface area contributed by atoms with Gasteiger partial charge < -0.3 is 24.7 Å². The first kappa shape index (κ1) is 26.5. The van der Waals surface area contributed by atoms with Crippen LogP contribution in [0.25, 0.3) is 0 Å². The smallest absolute Gasteiger partial charge is 0.436 e. The van der Waals surface area contributed by atoms with E-state index in [1.165, 1.54) is 0 Å². The van der Waals surface area contributed by atoms with Crippen molar-refractivity contribution in [2.45, 2.75) is 104 Å². The highest BCUT2D eigenvalue weighted by Crippen LogP contribution is 2.36. The number of anilines is 1. The minimum absolute atomic E-state index is 0.0223. The SMILES string of the molecule is CC1CCC([C@H](OC(=O)NC(C)(C)C)C(=O)Nc2ccc(B3OC(C)(C)C(C)(C)O3)cn2)CC1. The Bertz CT molecular complexity index is 858. The Kier molecular flexibility index (Phi) is 7.68. The van der Waals surface area contributed by atoms with Gasteiger partial charge in [0.2, 0.25) is 0 Å². The highest BCUT2D eigenvalue weighted by molar-refractivity contribution is 6.62. The molecule has 0 aromatic carbocycles. The van der Waals surface area contributed by atoms with E-state index in [9.17, 15) is 9.59 Å². The molecule has 8 nitrogen and oxygen atoms in total. The molecule has 1 atom stereocenters. The molecule has 188 valence electrons. The lowest BCUT2D eigenvalue weighted by Gasteiger charge is -2.32. The van der Waals surface area contributed by atoms with Gasteiger partial charge in [-0.2, -0.15) is 0 Å². The van der Waals surface area contributed by atoms with Crippen LogP contribution < -0.4 is 16.1 Å². The third-order valence-electron chi connectivity index (χ3n) is 7.02. The molecule has 2 fully saturated rings. The van der Waals surface area contributed by atoms with Crippen LogP contribution in [0.15, 0.2) is 18.3 Å². The van der Waals surface area contributed by atoms with E-state index in [1.54, 1.807) is 12.3 Å². The van der Waals surface area contributed by atoms with Crippen molar-refractivity contribution < 1.29 is 23.6 Å². The number of amides is 2. The van der Waals surface area contributed by atoms with Crippen molar-refractivity contribution in [3.8, 4) is 0 Å². The Balaban J connectivity index is 1.68. The summed E-state index contributed by atoms with van der Waals surface area (Å²) in [5, 5.41) is 5.62. The maximum absolute atomic E-state index is 13.2. The second-order valence-electron chi connectivity index (χ2n) is 11.8. The van der Waals surface area contributed by atoms with Gasteiger partial charge in [-0.05, 0) is 73.3 Å². The molecule has 1 aliphatic carbocycles. The molecule has 2 aliphatic rings. The van der Waals surface area contributed by atoms with E-state index in [1.807, 2.05) is 54.5 Å². The van der Waals surface area contributed by atoms with Crippen LogP contribution in [0, 0.1) is 11.8 Å². The third-order valence-corrected chi connectivity index (χ3v) is 7.02. The highest BCUT2D eigenvalue weighted by Gasteiger charge is 2.51. The maximum Gasteiger partial charge on any atom is 0.496 e. The van der Waals surface area contributed by atoms with Crippen molar-refractivity contribution in [3.63, 3.8) is 0 Å². The number of ether oxygens (including phenoxy) is 1. The summed E-state index contributed by atoms with van der Waals surface area (Å²) in [6.45, 7) is 15.8. The van der Waals surface area contributed by atoms with E-state index >= 15 is 0 Å². The van der Waals surface area contributed by atoms with Crippen LogP contribution in [0.3, 0.4) is 0 Å². The molecule has 1 aromatic heterocycles. The summed E-state index contributed by atoms with van der Waals surface area (Å²) >= 11 is 0. The molecule has 2 amide bonds. The molecule has 0 bridgehead atoms. The molecule has 2 heterocycles. The topological polar surface area (TPSA) is 98.8 Å². The van der Waals surface area contributed by atoms with Crippen LogP contribution in [0.1, 0.15) is 81.1 Å². The van der Waals surface area contributed by atoms with Crippen molar-refractivity contribution in [2.24, 2.45) is 11.8 Å². The van der Waals surface area contributed by atoms with Crippen LogP contribution in [-0.4, -0.2) is 46.9 Å². The number of alkyl carbamates (subject to hydrolysis) is 1. The molecule has 1 saturated carbocycles. The first-order chi connectivity index (χ1) is 15.7. The maximum atomic E-state index is 13.2. The summed E-state index contributed by atoms with van der Waals surface area (Å²) in [5.74, 6) is 0.622. The number of pyridine rings is 1. The number of nitrogens with zero attached hydrogens (tertiary/aromatic N) is 1. The van der Waals surface area contributed by atoms with Gasteiger partial charge in [0.1, 0.15) is 5.82 Å². The number of carbonyl (C=O) groups excluding carboxylic acids is 2. The molecule has 1 saturated heterocycles. The molecule has 34 heavy (non-hydrogen) atoms. The average molecular weight is 473 g/mol. The molecule has 0 spiro atoms. The number of hydrogen-bond acceptors (Lipinski definition) is 6. The lowest BCUT2D eigenvalue weighted by molar-refractivity contribution is -0.128. The van der Waals surface area contributed by atoms with Crippen molar-refractivity contribution in [2.75, 3.05) is 5.32 Å². The second-order valence-corrected chi connectivity index (χ2v) is 11.8. The van der Waals surface area contributed by atoms with Gasteiger partial charge in [-0.1, -0.05) is 25.8 Å². The molecule has 0 radical (unpaired) electrons. The fourth-order valence-electron chi connectivity index (χ4n) is 4.20. The Morgan fingerprint density at radius 2 is 1.68 bits per heavy atom. The van der Waals surface area contributed by atoms with Gasteiger partial charge in [-0.3, -0.25) is 4.79 Å². The van der Waals surface area contributed by atoms with Gasteiger partial charge in [0.15, 0.2) is 6.10 Å².